The Hall–Kier alpha value is -3.42. The van der Waals surface area contributed by atoms with Crippen LogP contribution in [0, 0.1) is 24.0 Å². The van der Waals surface area contributed by atoms with E-state index in [2.05, 4.69) is 5.32 Å². The van der Waals surface area contributed by atoms with E-state index in [1.54, 1.807) is 0 Å². The third-order valence-electron chi connectivity index (χ3n) is 4.02. The Balaban J connectivity index is 2.11. The summed E-state index contributed by atoms with van der Waals surface area (Å²) in [7, 11) is 2.77. The smallest absolute Gasteiger partial charge is 0.311 e. The summed E-state index contributed by atoms with van der Waals surface area (Å²) in [5.41, 5.74) is 2.39. The minimum absolute atomic E-state index is 0.0619. The lowest BCUT2D eigenvalue weighted by Crippen LogP contribution is -2.35. The minimum Gasteiger partial charge on any atom is -0.490 e. The summed E-state index contributed by atoms with van der Waals surface area (Å²) in [5, 5.41) is 13.9. The minimum atomic E-state index is -0.622. The Labute approximate surface area is 156 Å². The highest BCUT2D eigenvalue weighted by atomic mass is 16.6. The van der Waals surface area contributed by atoms with Crippen LogP contribution >= 0.6 is 0 Å². The van der Waals surface area contributed by atoms with E-state index < -0.39 is 10.8 Å². The number of nitro groups is 1. The van der Waals surface area contributed by atoms with Gasteiger partial charge in [0.1, 0.15) is 0 Å². The predicted octanol–water partition coefficient (Wildman–Crippen LogP) is 2.93. The maximum Gasteiger partial charge on any atom is 0.311 e. The molecule has 2 amide bonds. The first kappa shape index (κ1) is 19.9. The number of carbonyl (C=O) groups is 2. The number of hydrogen-bond donors (Lipinski definition) is 1. The molecule has 0 bridgehead atoms. The maximum atomic E-state index is 12.5. The van der Waals surface area contributed by atoms with Crippen molar-refractivity contribution in [2.75, 3.05) is 26.0 Å². The van der Waals surface area contributed by atoms with Gasteiger partial charge in [-0.2, -0.15) is 0 Å². The van der Waals surface area contributed by atoms with Gasteiger partial charge in [0, 0.05) is 24.4 Å². The number of hydrogen-bond acceptors (Lipinski definition) is 5. The van der Waals surface area contributed by atoms with Crippen LogP contribution in [0.4, 0.5) is 11.4 Å². The van der Waals surface area contributed by atoms with Gasteiger partial charge in [0.05, 0.1) is 18.6 Å². The number of aryl methyl sites for hydroxylation is 2. The SMILES string of the molecule is COc1ccc(C(=O)N(C)CC(=O)Nc2cc(C)ccc2C)cc1[N+](=O)[O-]. The lowest BCUT2D eigenvalue weighted by Gasteiger charge is -2.18. The molecule has 2 aromatic rings. The fraction of sp³-hybridized carbons (Fsp3) is 0.263. The topological polar surface area (TPSA) is 102 Å². The van der Waals surface area contributed by atoms with Crippen molar-refractivity contribution in [2.45, 2.75) is 13.8 Å². The number of methoxy groups -OCH3 is 1. The summed E-state index contributed by atoms with van der Waals surface area (Å²) in [6.07, 6.45) is 0. The average Bonchev–Trinajstić information content (AvgIpc) is 2.63. The molecule has 2 rings (SSSR count). The van der Waals surface area contributed by atoms with Crippen molar-refractivity contribution in [3.8, 4) is 5.75 Å². The molecule has 0 fully saturated rings. The van der Waals surface area contributed by atoms with Crippen molar-refractivity contribution < 1.29 is 19.2 Å². The Bertz CT molecular complexity index is 895. The van der Waals surface area contributed by atoms with Crippen LogP contribution in [-0.4, -0.2) is 42.3 Å². The van der Waals surface area contributed by atoms with Gasteiger partial charge < -0.3 is 15.0 Å². The molecule has 1 N–H and O–H groups in total. The highest BCUT2D eigenvalue weighted by Crippen LogP contribution is 2.28. The molecule has 0 radical (unpaired) electrons. The van der Waals surface area contributed by atoms with Crippen molar-refractivity contribution in [3.05, 3.63) is 63.2 Å². The molecular formula is C19H21N3O5. The van der Waals surface area contributed by atoms with E-state index in [-0.39, 0.29) is 29.5 Å². The van der Waals surface area contributed by atoms with Gasteiger partial charge in [-0.15, -0.1) is 0 Å². The van der Waals surface area contributed by atoms with Crippen LogP contribution in [0.3, 0.4) is 0 Å². The van der Waals surface area contributed by atoms with Crippen molar-refractivity contribution in [1.82, 2.24) is 4.90 Å². The van der Waals surface area contributed by atoms with Crippen molar-refractivity contribution >= 4 is 23.2 Å². The van der Waals surface area contributed by atoms with Crippen LogP contribution in [0.15, 0.2) is 36.4 Å². The van der Waals surface area contributed by atoms with Crippen molar-refractivity contribution in [3.63, 3.8) is 0 Å². The standard InChI is InChI=1S/C19H21N3O5/c1-12-5-6-13(2)15(9-12)20-18(23)11-21(3)19(24)14-7-8-17(27-4)16(10-14)22(25)26/h5-10H,11H2,1-4H3,(H,20,23). The van der Waals surface area contributed by atoms with Crippen LogP contribution in [0.1, 0.15) is 21.5 Å². The van der Waals surface area contributed by atoms with E-state index >= 15 is 0 Å². The van der Waals surface area contributed by atoms with Crippen LogP contribution in [0.2, 0.25) is 0 Å². The van der Waals surface area contributed by atoms with Crippen LogP contribution in [0.25, 0.3) is 0 Å². The summed E-state index contributed by atoms with van der Waals surface area (Å²) >= 11 is 0. The normalized spacial score (nSPS) is 10.2. The number of anilines is 1. The number of benzene rings is 2. The number of amides is 2. The van der Waals surface area contributed by atoms with Gasteiger partial charge in [0.15, 0.2) is 5.75 Å². The summed E-state index contributed by atoms with van der Waals surface area (Å²) in [4.78, 5) is 36.5. The van der Waals surface area contributed by atoms with Gasteiger partial charge in [-0.05, 0) is 43.2 Å². The number of nitrogens with zero attached hydrogens (tertiary/aromatic N) is 2. The molecule has 0 saturated heterocycles. The Kier molecular flexibility index (Phi) is 6.12. The molecule has 2 aromatic carbocycles. The van der Waals surface area contributed by atoms with Gasteiger partial charge in [0.2, 0.25) is 5.91 Å². The van der Waals surface area contributed by atoms with E-state index in [1.165, 1.54) is 31.2 Å². The van der Waals surface area contributed by atoms with E-state index in [0.717, 1.165) is 17.2 Å². The Morgan fingerprint density at radius 2 is 1.89 bits per heavy atom. The average molecular weight is 371 g/mol. The highest BCUT2D eigenvalue weighted by Gasteiger charge is 2.21. The summed E-state index contributed by atoms with van der Waals surface area (Å²) in [6.45, 7) is 3.60. The Morgan fingerprint density at radius 1 is 1.19 bits per heavy atom. The van der Waals surface area contributed by atoms with Gasteiger partial charge >= 0.3 is 5.69 Å². The summed E-state index contributed by atoms with van der Waals surface area (Å²) in [6, 6.07) is 9.61. The highest BCUT2D eigenvalue weighted by molar-refractivity contribution is 6.00. The van der Waals surface area contributed by atoms with Crippen LogP contribution < -0.4 is 10.1 Å². The lowest BCUT2D eigenvalue weighted by atomic mass is 10.1. The van der Waals surface area contributed by atoms with Gasteiger partial charge in [-0.25, -0.2) is 0 Å². The summed E-state index contributed by atoms with van der Waals surface area (Å²) in [5.74, 6) is -0.800. The van der Waals surface area contributed by atoms with E-state index in [4.69, 9.17) is 4.74 Å². The number of nitrogens with one attached hydrogen (secondary N) is 1. The molecule has 0 saturated carbocycles. The second-order valence-electron chi connectivity index (χ2n) is 6.17. The monoisotopic (exact) mass is 371 g/mol. The third kappa shape index (κ3) is 4.81. The molecule has 0 aromatic heterocycles. The fourth-order valence-corrected chi connectivity index (χ4v) is 2.53. The first-order valence-electron chi connectivity index (χ1n) is 8.18. The predicted molar refractivity (Wildman–Crippen MR) is 101 cm³/mol. The van der Waals surface area contributed by atoms with Crippen LogP contribution in [0.5, 0.6) is 5.75 Å². The molecular weight excluding hydrogens is 350 g/mol. The van der Waals surface area contributed by atoms with Gasteiger partial charge in [-0.1, -0.05) is 12.1 Å². The second kappa shape index (κ2) is 8.31. The lowest BCUT2D eigenvalue weighted by molar-refractivity contribution is -0.385. The zero-order chi connectivity index (χ0) is 20.1. The molecule has 0 aliphatic heterocycles. The first-order valence-corrected chi connectivity index (χ1v) is 8.18. The molecule has 0 spiro atoms. The van der Waals surface area contributed by atoms with Crippen LogP contribution in [-0.2, 0) is 4.79 Å². The largest absolute Gasteiger partial charge is 0.490 e. The van der Waals surface area contributed by atoms with Gasteiger partial charge in [0.25, 0.3) is 5.91 Å². The zero-order valence-corrected chi connectivity index (χ0v) is 15.6. The molecule has 0 unspecified atom stereocenters. The molecule has 0 aliphatic rings. The van der Waals surface area contributed by atoms with Gasteiger partial charge in [-0.3, -0.25) is 19.7 Å². The van der Waals surface area contributed by atoms with Crippen molar-refractivity contribution in [1.29, 1.82) is 0 Å². The maximum absolute atomic E-state index is 12.5. The van der Waals surface area contributed by atoms with Crippen molar-refractivity contribution in [2.24, 2.45) is 0 Å². The summed E-state index contributed by atoms with van der Waals surface area (Å²) < 4.78 is 4.92. The zero-order valence-electron chi connectivity index (χ0n) is 15.6. The van der Waals surface area contributed by atoms with E-state index in [0.29, 0.717) is 5.69 Å². The number of nitro benzene ring substituents is 1. The molecule has 0 heterocycles. The second-order valence-corrected chi connectivity index (χ2v) is 6.17. The number of carbonyl (C=O) groups excluding carboxylic acids is 2. The molecule has 27 heavy (non-hydrogen) atoms. The number of likely N-dealkylation sites (N-methyl/N-ethyl adjacent to an activating group) is 1. The van der Waals surface area contributed by atoms with E-state index in [9.17, 15) is 19.7 Å². The molecule has 8 nitrogen and oxygen atoms in total. The first-order chi connectivity index (χ1) is 12.7. The molecule has 8 heteroatoms. The van der Waals surface area contributed by atoms with E-state index in [1.807, 2.05) is 32.0 Å². The fourth-order valence-electron chi connectivity index (χ4n) is 2.53. The molecule has 0 atom stereocenters. The molecule has 0 aliphatic carbocycles. The number of ether oxygens (including phenoxy) is 1. The third-order valence-corrected chi connectivity index (χ3v) is 4.02. The number of rotatable bonds is 6. The molecule has 142 valence electrons. The quantitative estimate of drug-likeness (QED) is 0.621. The Morgan fingerprint density at radius 3 is 2.52 bits per heavy atom.